The first-order valence-electron chi connectivity index (χ1n) is 12.2. The minimum Gasteiger partial charge on any atom is -0.506 e. The fourth-order valence-electron chi connectivity index (χ4n) is 4.46. The molecule has 1 heterocycles. The van der Waals surface area contributed by atoms with Crippen LogP contribution in [0.1, 0.15) is 27.8 Å². The summed E-state index contributed by atoms with van der Waals surface area (Å²) in [6, 6.07) is 18.4. The molecule has 0 saturated carbocycles. The van der Waals surface area contributed by atoms with Crippen LogP contribution in [0.3, 0.4) is 0 Å². The van der Waals surface area contributed by atoms with E-state index in [9.17, 15) is 0 Å². The van der Waals surface area contributed by atoms with Crippen LogP contribution >= 0.6 is 31.3 Å². The fraction of sp³-hybridized carbons (Fsp3) is 0.310. The SMILES string of the molecule is COc1ccc(CNc2ccccc2[OH+]C)c([CH]=[Ru]([Cl])[Cl])c1.CSN1[CH-]N(c2c(C)cc(C)cc2C)CC1. The number of ether oxygens (including phenoxy) is 2. The van der Waals surface area contributed by atoms with Crippen LogP contribution in [-0.2, 0) is 20.1 Å². The van der Waals surface area contributed by atoms with Gasteiger partial charge in [0, 0.05) is 12.2 Å². The van der Waals surface area contributed by atoms with Crippen molar-refractivity contribution in [1.29, 1.82) is 0 Å². The Morgan fingerprint density at radius 2 is 1.79 bits per heavy atom. The molecule has 0 unspecified atom stereocenters. The number of halogens is 2. The number of benzene rings is 3. The van der Waals surface area contributed by atoms with Gasteiger partial charge in [0.1, 0.15) is 0 Å². The molecule has 3 aromatic rings. The Balaban J connectivity index is 0.000000221. The predicted octanol–water partition coefficient (Wildman–Crippen LogP) is 7.39. The van der Waals surface area contributed by atoms with Crippen molar-refractivity contribution in [3.05, 3.63) is 89.1 Å². The minimum absolute atomic E-state index is 0.665. The minimum atomic E-state index is -1.90. The summed E-state index contributed by atoms with van der Waals surface area (Å²) in [5.41, 5.74) is 8.60. The normalized spacial score (nSPS) is 13.5. The summed E-state index contributed by atoms with van der Waals surface area (Å²) in [6.45, 7) is 11.6. The van der Waals surface area contributed by atoms with Crippen molar-refractivity contribution in [1.82, 2.24) is 4.31 Å². The third-order valence-corrected chi connectivity index (χ3v) is 8.72. The van der Waals surface area contributed by atoms with E-state index in [1.807, 2.05) is 47.1 Å². The summed E-state index contributed by atoms with van der Waals surface area (Å²) >= 11 is -0.113. The van der Waals surface area contributed by atoms with E-state index in [1.54, 1.807) is 26.2 Å². The van der Waals surface area contributed by atoms with E-state index < -0.39 is 13.5 Å². The smallest absolute Gasteiger partial charge is 0.0142 e. The summed E-state index contributed by atoms with van der Waals surface area (Å²) in [7, 11) is 15.5. The van der Waals surface area contributed by atoms with Gasteiger partial charge in [0.2, 0.25) is 0 Å². The van der Waals surface area contributed by atoms with Gasteiger partial charge in [-0.1, -0.05) is 17.7 Å². The Hall–Kier alpha value is -1.76. The molecule has 0 amide bonds. The van der Waals surface area contributed by atoms with E-state index in [0.29, 0.717) is 6.54 Å². The van der Waals surface area contributed by atoms with Crippen LogP contribution in [0, 0.1) is 27.4 Å². The average Bonchev–Trinajstić information content (AvgIpc) is 3.36. The van der Waals surface area contributed by atoms with Gasteiger partial charge < -0.3 is 9.21 Å². The number of hydrogen-bond acceptors (Lipinski definition) is 5. The number of methoxy groups -OCH3 is 1. The number of aliphatic hydroxyl groups is 1. The molecule has 2 N–H and O–H groups in total. The first-order chi connectivity index (χ1) is 18.2. The van der Waals surface area contributed by atoms with Crippen molar-refractivity contribution in [2.45, 2.75) is 27.3 Å². The zero-order valence-corrected chi connectivity index (χ0v) is 26.8. The van der Waals surface area contributed by atoms with Crippen LogP contribution in [0.5, 0.6) is 11.5 Å². The average molecular weight is 664 g/mol. The molecule has 1 aliphatic rings. The Morgan fingerprint density at radius 3 is 2.39 bits per heavy atom. The molecule has 0 aromatic heterocycles. The molecular weight excluding hydrogens is 626 g/mol. The van der Waals surface area contributed by atoms with Gasteiger partial charge in [0.25, 0.3) is 0 Å². The van der Waals surface area contributed by atoms with Crippen LogP contribution in [-0.4, -0.2) is 47.2 Å². The van der Waals surface area contributed by atoms with Crippen molar-refractivity contribution in [3.8, 4) is 11.5 Å². The Labute approximate surface area is 245 Å². The number of anilines is 2. The van der Waals surface area contributed by atoms with Gasteiger partial charge in [0.05, 0.1) is 0 Å². The van der Waals surface area contributed by atoms with Crippen molar-refractivity contribution in [2.24, 2.45) is 0 Å². The van der Waals surface area contributed by atoms with Crippen LogP contribution in [0.4, 0.5) is 11.4 Å². The molecule has 4 rings (SSSR count). The second-order valence-electron chi connectivity index (χ2n) is 8.85. The van der Waals surface area contributed by atoms with Gasteiger partial charge >= 0.3 is 144 Å². The van der Waals surface area contributed by atoms with Gasteiger partial charge in [-0.2, -0.15) is 6.67 Å². The number of nitrogens with zero attached hydrogens (tertiary/aromatic N) is 2. The Bertz CT molecular complexity index is 1230. The summed E-state index contributed by atoms with van der Waals surface area (Å²) in [4.78, 5) is 2.36. The molecule has 5 nitrogen and oxygen atoms in total. The summed E-state index contributed by atoms with van der Waals surface area (Å²) in [5.74, 6) is 1.73. The number of nitrogens with one attached hydrogen (secondary N) is 1. The molecule has 0 aliphatic carbocycles. The molecule has 0 bridgehead atoms. The van der Waals surface area contributed by atoms with E-state index in [-0.39, 0.29) is 0 Å². The third-order valence-electron chi connectivity index (χ3n) is 6.14. The van der Waals surface area contributed by atoms with Gasteiger partial charge in [0.15, 0.2) is 0 Å². The van der Waals surface area contributed by atoms with Gasteiger partial charge in [-0.15, -0.1) is 11.9 Å². The quantitative estimate of drug-likeness (QED) is 0.0896. The summed E-state index contributed by atoms with van der Waals surface area (Å²) in [6.07, 6.45) is 2.12. The number of aryl methyl sites for hydroxylation is 3. The van der Waals surface area contributed by atoms with E-state index in [4.69, 9.17) is 24.1 Å². The van der Waals surface area contributed by atoms with Gasteiger partial charge in [-0.25, -0.2) is 0 Å². The zero-order valence-electron chi connectivity index (χ0n) is 22.7. The van der Waals surface area contributed by atoms with Crippen LogP contribution < -0.4 is 15.0 Å². The van der Waals surface area contributed by atoms with E-state index in [2.05, 4.69) is 65.1 Å². The molecule has 1 fully saturated rings. The maximum Gasteiger partial charge on any atom is 0.0142 e. The summed E-state index contributed by atoms with van der Waals surface area (Å²) in [5, 5.41) is 3.41. The van der Waals surface area contributed by atoms with Crippen LogP contribution in [0.15, 0.2) is 54.6 Å². The van der Waals surface area contributed by atoms with E-state index in [1.165, 1.54) is 22.4 Å². The molecule has 38 heavy (non-hydrogen) atoms. The molecule has 0 spiro atoms. The van der Waals surface area contributed by atoms with Crippen molar-refractivity contribution >= 4 is 47.3 Å². The maximum absolute atomic E-state index is 6.02. The molecule has 1 aliphatic heterocycles. The van der Waals surface area contributed by atoms with E-state index in [0.717, 1.165) is 41.4 Å². The molecule has 9 heteroatoms. The largest absolute Gasteiger partial charge is 0.506 e. The maximum atomic E-state index is 6.02. The molecule has 1 saturated heterocycles. The number of para-hydroxylation sites is 2. The van der Waals surface area contributed by atoms with E-state index >= 15 is 0 Å². The van der Waals surface area contributed by atoms with Crippen LogP contribution in [0.2, 0.25) is 0 Å². The predicted molar refractivity (Wildman–Crippen MR) is 164 cm³/mol. The Kier molecular flexibility index (Phi) is 12.3. The molecule has 0 atom stereocenters. The van der Waals surface area contributed by atoms with Crippen molar-refractivity contribution < 1.29 is 23.0 Å². The first-order valence-corrected chi connectivity index (χ1v) is 18.8. The van der Waals surface area contributed by atoms with Crippen molar-refractivity contribution in [2.75, 3.05) is 43.8 Å². The molecule has 208 valence electrons. The third kappa shape index (κ3) is 8.62. The molecule has 0 radical (unpaired) electrons. The first kappa shape index (κ1) is 30.8. The molecule has 3 aromatic carbocycles. The Morgan fingerprint density at radius 1 is 1.08 bits per heavy atom. The number of rotatable bonds is 8. The second-order valence-corrected chi connectivity index (χ2v) is 15.4. The van der Waals surface area contributed by atoms with Gasteiger partial charge in [-0.05, 0) is 44.7 Å². The van der Waals surface area contributed by atoms with Gasteiger partial charge in [-0.3, -0.25) is 0 Å². The number of aromatic hydroxyl groups is 1. The molecular formula is C29H37Cl2N3O2RuS. The second kappa shape index (κ2) is 15.1. The topological polar surface area (TPSA) is 40.5 Å². The van der Waals surface area contributed by atoms with Crippen LogP contribution in [0.25, 0.3) is 0 Å². The van der Waals surface area contributed by atoms with Crippen molar-refractivity contribution in [3.63, 3.8) is 0 Å². The summed E-state index contributed by atoms with van der Waals surface area (Å²) < 4.78 is 13.7. The number of hydrogen-bond donors (Lipinski definition) is 1. The monoisotopic (exact) mass is 663 g/mol. The fourth-order valence-corrected chi connectivity index (χ4v) is 6.79. The standard InChI is InChI=1S/C16H17NO2.C13H19N2S.2ClH.Ru/c1-12-10-14(18-2)9-8-13(12)11-17-15-6-4-5-7-16(15)19-3;1-10-7-11(2)13(12(3)8-10)14-5-6-15(9-14)16-4;;;/h1,4-10,17H,11H2,2-3H3;7-9H,5-6H2,1-4H3;2*1H;/q;-1;;;+2/p-1. The zero-order chi connectivity index (χ0) is 27.7.